The molecule has 0 atom stereocenters. The Bertz CT molecular complexity index is 577. The third kappa shape index (κ3) is 2.11. The van der Waals surface area contributed by atoms with Crippen molar-refractivity contribution in [2.45, 2.75) is 5.75 Å². The van der Waals surface area contributed by atoms with E-state index in [2.05, 4.69) is 8.89 Å². The lowest BCUT2D eigenvalue weighted by Crippen LogP contribution is -2.03. The second-order valence-corrected chi connectivity index (χ2v) is 4.80. The molecule has 0 saturated carbocycles. The first-order valence-corrected chi connectivity index (χ1v) is 5.87. The minimum Gasteiger partial charge on any atom is -0.356 e. The van der Waals surface area contributed by atoms with Gasteiger partial charge in [-0.2, -0.15) is 12.2 Å². The normalized spacial score (nSPS) is 12.1. The summed E-state index contributed by atoms with van der Waals surface area (Å²) in [6.45, 7) is 0. The number of hydrogen-bond acceptors (Lipinski definition) is 5. The molecule has 0 amide bonds. The van der Waals surface area contributed by atoms with Gasteiger partial charge < -0.3 is 4.52 Å². The highest BCUT2D eigenvalue weighted by atomic mass is 35.5. The monoisotopic (exact) mass is 247 g/mol. The van der Waals surface area contributed by atoms with Gasteiger partial charge in [0.1, 0.15) is 11.4 Å². The van der Waals surface area contributed by atoms with E-state index in [0.29, 0.717) is 11.0 Å². The molecule has 80 valence electrons. The van der Waals surface area contributed by atoms with Crippen LogP contribution >= 0.6 is 11.9 Å². The number of nitrogens with zero attached hydrogens (tertiary/aromatic N) is 1. The topological polar surface area (TPSA) is 69.4 Å². The Morgan fingerprint density at radius 2 is 2.13 bits per heavy atom. The maximum atomic E-state index is 11.1. The average Bonchev–Trinajstić information content (AvgIpc) is 2.62. The van der Waals surface area contributed by atoms with Gasteiger partial charge in [-0.3, -0.25) is 0 Å². The molecule has 1 aromatic heterocycles. The van der Waals surface area contributed by atoms with E-state index in [4.69, 9.17) is 16.4 Å². The summed E-state index contributed by atoms with van der Waals surface area (Å²) < 4.78 is 30.9. The third-order valence-electron chi connectivity index (χ3n) is 1.86. The van der Waals surface area contributed by atoms with Gasteiger partial charge in [0.2, 0.25) is 0 Å². The number of benzene rings is 1. The van der Waals surface area contributed by atoms with Gasteiger partial charge in [-0.25, -0.2) is 0 Å². The summed E-state index contributed by atoms with van der Waals surface area (Å²) in [4.78, 5) is 0. The maximum Gasteiger partial charge on any atom is 0.289 e. The predicted octanol–water partition coefficient (Wildman–Crippen LogP) is 1.83. The van der Waals surface area contributed by atoms with Crippen molar-refractivity contribution in [1.82, 2.24) is 5.16 Å². The second-order valence-electron chi connectivity index (χ2n) is 2.89. The predicted molar refractivity (Wildman–Crippen MR) is 53.6 cm³/mol. The molecule has 0 aliphatic carbocycles. The zero-order valence-corrected chi connectivity index (χ0v) is 8.96. The smallest absolute Gasteiger partial charge is 0.289 e. The first kappa shape index (κ1) is 10.4. The number of para-hydroxylation sites is 1. The van der Waals surface area contributed by atoms with Gasteiger partial charge in [-0.05, 0) is 12.1 Å². The SMILES string of the molecule is O=S(=O)(Cc1noc2ccccc12)OCl. The van der Waals surface area contributed by atoms with Crippen LogP contribution in [0.25, 0.3) is 11.0 Å². The molecule has 5 nitrogen and oxygen atoms in total. The van der Waals surface area contributed by atoms with Gasteiger partial charge in [0.05, 0.1) is 11.9 Å². The fourth-order valence-corrected chi connectivity index (χ4v) is 1.95. The van der Waals surface area contributed by atoms with Crippen LogP contribution in [0.4, 0.5) is 0 Å². The first-order valence-electron chi connectivity index (χ1n) is 3.98. The quantitative estimate of drug-likeness (QED) is 0.828. The van der Waals surface area contributed by atoms with Crippen molar-refractivity contribution in [3.8, 4) is 0 Å². The molecule has 7 heteroatoms. The van der Waals surface area contributed by atoms with E-state index in [9.17, 15) is 8.42 Å². The zero-order chi connectivity index (χ0) is 10.9. The van der Waals surface area contributed by atoms with Gasteiger partial charge >= 0.3 is 0 Å². The van der Waals surface area contributed by atoms with Crippen LogP contribution in [0.3, 0.4) is 0 Å². The van der Waals surface area contributed by atoms with Crippen LogP contribution in [-0.2, 0) is 19.6 Å². The number of halogens is 1. The van der Waals surface area contributed by atoms with E-state index in [1.807, 2.05) is 0 Å². The van der Waals surface area contributed by atoms with Crippen LogP contribution in [0.2, 0.25) is 0 Å². The van der Waals surface area contributed by atoms with Crippen LogP contribution in [0, 0.1) is 0 Å². The van der Waals surface area contributed by atoms with Crippen molar-refractivity contribution in [2.75, 3.05) is 0 Å². The molecule has 0 spiro atoms. The van der Waals surface area contributed by atoms with Crippen LogP contribution in [0.1, 0.15) is 5.69 Å². The Morgan fingerprint density at radius 1 is 1.40 bits per heavy atom. The highest BCUT2D eigenvalue weighted by Crippen LogP contribution is 2.20. The molecule has 1 heterocycles. The molecular formula is C8H6ClNO4S. The van der Waals surface area contributed by atoms with Crippen LogP contribution in [0.5, 0.6) is 0 Å². The number of hydrogen-bond donors (Lipinski definition) is 0. The van der Waals surface area contributed by atoms with E-state index >= 15 is 0 Å². The molecule has 2 rings (SSSR count). The van der Waals surface area contributed by atoms with E-state index in [-0.39, 0.29) is 5.69 Å². The Morgan fingerprint density at radius 3 is 2.87 bits per heavy atom. The molecule has 0 N–H and O–H groups in total. The molecular weight excluding hydrogens is 242 g/mol. The zero-order valence-electron chi connectivity index (χ0n) is 7.38. The van der Waals surface area contributed by atoms with Crippen LogP contribution in [0.15, 0.2) is 28.8 Å². The van der Waals surface area contributed by atoms with E-state index in [0.717, 1.165) is 0 Å². The minimum absolute atomic E-state index is 0.284. The molecule has 0 fully saturated rings. The Labute approximate surface area is 90.9 Å². The maximum absolute atomic E-state index is 11.1. The van der Waals surface area contributed by atoms with Crippen molar-refractivity contribution < 1.29 is 16.7 Å². The molecule has 0 aliphatic rings. The van der Waals surface area contributed by atoms with E-state index in [1.165, 1.54) is 0 Å². The van der Waals surface area contributed by atoms with E-state index in [1.54, 1.807) is 24.3 Å². The lowest BCUT2D eigenvalue weighted by Gasteiger charge is -1.94. The molecule has 1 aromatic carbocycles. The standard InChI is InChI=1S/C8H6ClNO4S/c9-14-15(11,12)5-7-6-3-1-2-4-8(6)13-10-7/h1-4H,5H2. The van der Waals surface area contributed by atoms with E-state index < -0.39 is 15.9 Å². The Hall–Kier alpha value is -1.11. The summed E-state index contributed by atoms with van der Waals surface area (Å²) in [5.41, 5.74) is 0.809. The Balaban J connectivity index is 2.46. The van der Waals surface area contributed by atoms with Crippen LogP contribution < -0.4 is 0 Å². The number of fused-ring (bicyclic) bond motifs is 1. The number of aromatic nitrogens is 1. The number of rotatable bonds is 3. The van der Waals surface area contributed by atoms with Gasteiger partial charge in [-0.1, -0.05) is 17.3 Å². The van der Waals surface area contributed by atoms with Gasteiger partial charge in [-0.15, -0.1) is 0 Å². The molecule has 0 radical (unpaired) electrons. The highest BCUT2D eigenvalue weighted by molar-refractivity contribution is 7.86. The molecule has 0 unspecified atom stereocenters. The van der Waals surface area contributed by atoms with Gasteiger partial charge in [0, 0.05) is 5.39 Å². The van der Waals surface area contributed by atoms with Crippen LogP contribution in [-0.4, -0.2) is 13.6 Å². The lowest BCUT2D eigenvalue weighted by molar-refractivity contribution is 0.446. The summed E-state index contributed by atoms with van der Waals surface area (Å²) in [5, 5.41) is 4.27. The summed E-state index contributed by atoms with van der Waals surface area (Å²) >= 11 is 4.81. The highest BCUT2D eigenvalue weighted by Gasteiger charge is 2.17. The molecule has 2 aromatic rings. The van der Waals surface area contributed by atoms with Crippen molar-refractivity contribution in [2.24, 2.45) is 0 Å². The summed E-state index contributed by atoms with van der Waals surface area (Å²) in [7, 11) is -3.79. The molecule has 15 heavy (non-hydrogen) atoms. The summed E-state index contributed by atoms with van der Waals surface area (Å²) in [5.74, 6) is -0.409. The lowest BCUT2D eigenvalue weighted by atomic mass is 10.2. The first-order chi connectivity index (χ1) is 7.12. The average molecular weight is 248 g/mol. The van der Waals surface area contributed by atoms with Crippen molar-refractivity contribution in [3.05, 3.63) is 30.0 Å². The fourth-order valence-electron chi connectivity index (χ4n) is 1.23. The Kier molecular flexibility index (Phi) is 2.64. The molecule has 0 saturated heterocycles. The molecule has 0 bridgehead atoms. The summed E-state index contributed by atoms with van der Waals surface area (Å²) in [6.07, 6.45) is 0. The van der Waals surface area contributed by atoms with Crippen molar-refractivity contribution >= 4 is 33.0 Å². The fraction of sp³-hybridized carbons (Fsp3) is 0.125. The van der Waals surface area contributed by atoms with Crippen molar-refractivity contribution in [3.63, 3.8) is 0 Å². The molecule has 0 aliphatic heterocycles. The minimum atomic E-state index is -3.79. The van der Waals surface area contributed by atoms with Gasteiger partial charge in [0.25, 0.3) is 10.1 Å². The van der Waals surface area contributed by atoms with Crippen molar-refractivity contribution in [1.29, 1.82) is 0 Å². The second kappa shape index (κ2) is 3.80. The third-order valence-corrected chi connectivity index (χ3v) is 3.26. The largest absolute Gasteiger partial charge is 0.356 e. The summed E-state index contributed by atoms with van der Waals surface area (Å²) in [6, 6.07) is 6.94. The van der Waals surface area contributed by atoms with Gasteiger partial charge in [0.15, 0.2) is 5.58 Å².